The number of halogens is 1. The molecule has 0 aliphatic carbocycles. The number of benzene rings is 4. The van der Waals surface area contributed by atoms with Gasteiger partial charge in [0.25, 0.3) is 5.91 Å². The Kier molecular flexibility index (Phi) is 6.85. The molecule has 6 heteroatoms. The van der Waals surface area contributed by atoms with E-state index in [1.54, 1.807) is 35.4 Å². The third-order valence-electron chi connectivity index (χ3n) is 6.36. The molecule has 0 aromatic heterocycles. The minimum absolute atomic E-state index is 0.244. The number of nitrogens with one attached hydrogen (secondary N) is 1. The number of hydroxylamine groups is 2. The standard InChI is InChI=1S/C30H25ClN2O3/c31-26-18-10-17-25(19-26)27-30(20-22-11-4-1-5-12-22,32-28(34)24-15-8-3-9-16-24)29(35)36-33(27)21-23-13-6-2-7-14-23/h1-19,27H,20-21H2,(H,32,34)/t27-,30-/m0/s1. The highest BCUT2D eigenvalue weighted by atomic mass is 35.5. The molecule has 0 radical (unpaired) electrons. The van der Waals surface area contributed by atoms with Gasteiger partial charge in [0.1, 0.15) is 6.04 Å². The van der Waals surface area contributed by atoms with Gasteiger partial charge in [-0.1, -0.05) is 103 Å². The molecule has 1 N–H and O–H groups in total. The molecule has 4 aromatic rings. The molecule has 0 unspecified atom stereocenters. The van der Waals surface area contributed by atoms with Gasteiger partial charge in [-0.2, -0.15) is 0 Å². The van der Waals surface area contributed by atoms with Crippen LogP contribution in [-0.4, -0.2) is 22.5 Å². The molecule has 1 heterocycles. The van der Waals surface area contributed by atoms with Crippen LogP contribution in [0, 0.1) is 0 Å². The number of hydrogen-bond acceptors (Lipinski definition) is 4. The van der Waals surface area contributed by atoms with E-state index in [9.17, 15) is 9.59 Å². The van der Waals surface area contributed by atoms with Gasteiger partial charge < -0.3 is 10.2 Å². The van der Waals surface area contributed by atoms with Crippen LogP contribution >= 0.6 is 11.6 Å². The van der Waals surface area contributed by atoms with Crippen LogP contribution in [0.15, 0.2) is 115 Å². The van der Waals surface area contributed by atoms with Crippen LogP contribution in [0.3, 0.4) is 0 Å². The van der Waals surface area contributed by atoms with E-state index in [0.717, 1.165) is 16.7 Å². The maximum Gasteiger partial charge on any atom is 0.353 e. The fourth-order valence-corrected chi connectivity index (χ4v) is 4.93. The summed E-state index contributed by atoms with van der Waals surface area (Å²) in [6, 6.07) is 35.0. The first-order valence-corrected chi connectivity index (χ1v) is 12.1. The largest absolute Gasteiger partial charge is 0.365 e. The Morgan fingerprint density at radius 2 is 1.44 bits per heavy atom. The number of amides is 1. The molecule has 4 aromatic carbocycles. The summed E-state index contributed by atoms with van der Waals surface area (Å²) in [5.74, 6) is -0.867. The van der Waals surface area contributed by atoms with Crippen LogP contribution in [0.5, 0.6) is 0 Å². The van der Waals surface area contributed by atoms with Gasteiger partial charge in [0.2, 0.25) is 0 Å². The van der Waals surface area contributed by atoms with Crippen molar-refractivity contribution in [2.75, 3.05) is 0 Å². The van der Waals surface area contributed by atoms with Crippen molar-refractivity contribution in [1.82, 2.24) is 10.4 Å². The number of carbonyl (C=O) groups excluding carboxylic acids is 2. The molecule has 1 saturated heterocycles. The third kappa shape index (κ3) is 4.89. The first-order chi connectivity index (χ1) is 17.5. The first-order valence-electron chi connectivity index (χ1n) is 11.7. The van der Waals surface area contributed by atoms with Gasteiger partial charge >= 0.3 is 5.97 Å². The molecule has 0 saturated carbocycles. The Morgan fingerprint density at radius 1 is 0.833 bits per heavy atom. The molecule has 5 rings (SSSR count). The summed E-state index contributed by atoms with van der Waals surface area (Å²) in [7, 11) is 0. The van der Waals surface area contributed by atoms with E-state index in [4.69, 9.17) is 16.4 Å². The predicted octanol–water partition coefficient (Wildman–Crippen LogP) is 5.77. The van der Waals surface area contributed by atoms with E-state index in [1.165, 1.54) is 0 Å². The number of nitrogens with zero attached hydrogens (tertiary/aromatic N) is 1. The van der Waals surface area contributed by atoms with E-state index < -0.39 is 17.6 Å². The molecule has 1 aliphatic heterocycles. The van der Waals surface area contributed by atoms with E-state index in [0.29, 0.717) is 17.1 Å². The average Bonchev–Trinajstić information content (AvgIpc) is 3.15. The Morgan fingerprint density at radius 3 is 2.08 bits per heavy atom. The normalized spacial score (nSPS) is 19.6. The Hall–Kier alpha value is -3.93. The van der Waals surface area contributed by atoms with Gasteiger partial charge in [0.15, 0.2) is 5.54 Å². The SMILES string of the molecule is O=C(N[C@]1(Cc2ccccc2)C(=O)ON(Cc2ccccc2)[C@H]1c1cccc(Cl)c1)c1ccccc1. The van der Waals surface area contributed by atoms with Gasteiger partial charge in [-0.3, -0.25) is 4.79 Å². The van der Waals surface area contributed by atoms with Gasteiger partial charge in [0, 0.05) is 17.0 Å². The second-order valence-corrected chi connectivity index (χ2v) is 9.29. The average molecular weight is 497 g/mol. The highest BCUT2D eigenvalue weighted by Gasteiger charge is 2.58. The number of hydrogen-bond donors (Lipinski definition) is 1. The summed E-state index contributed by atoms with van der Waals surface area (Å²) in [4.78, 5) is 33.2. The third-order valence-corrected chi connectivity index (χ3v) is 6.60. The highest BCUT2D eigenvalue weighted by molar-refractivity contribution is 6.30. The first kappa shape index (κ1) is 23.8. The van der Waals surface area contributed by atoms with E-state index in [2.05, 4.69) is 5.32 Å². The molecule has 0 spiro atoms. The van der Waals surface area contributed by atoms with Crippen LogP contribution in [0.2, 0.25) is 5.02 Å². The summed E-state index contributed by atoms with van der Waals surface area (Å²) >= 11 is 6.39. The lowest BCUT2D eigenvalue weighted by atomic mass is 9.80. The van der Waals surface area contributed by atoms with Crippen molar-refractivity contribution in [2.24, 2.45) is 0 Å². The van der Waals surface area contributed by atoms with Crippen molar-refractivity contribution < 1.29 is 14.4 Å². The summed E-state index contributed by atoms with van der Waals surface area (Å²) in [6.45, 7) is 0.349. The maximum absolute atomic E-state index is 13.8. The Labute approximate surface area is 215 Å². The molecule has 0 bridgehead atoms. The molecule has 1 amide bonds. The van der Waals surface area contributed by atoms with Gasteiger partial charge in [-0.05, 0) is 41.0 Å². The fourth-order valence-electron chi connectivity index (χ4n) is 4.73. The lowest BCUT2D eigenvalue weighted by Crippen LogP contribution is -2.57. The maximum atomic E-state index is 13.8. The number of carbonyl (C=O) groups is 2. The van der Waals surface area contributed by atoms with Gasteiger partial charge in [-0.25, -0.2) is 4.79 Å². The van der Waals surface area contributed by atoms with E-state index in [-0.39, 0.29) is 12.3 Å². The summed E-state index contributed by atoms with van der Waals surface area (Å²) in [5.41, 5.74) is 1.71. The van der Waals surface area contributed by atoms with Crippen LogP contribution in [0.1, 0.15) is 33.1 Å². The van der Waals surface area contributed by atoms with Crippen LogP contribution in [-0.2, 0) is 22.6 Å². The molecule has 180 valence electrons. The molecule has 5 nitrogen and oxygen atoms in total. The van der Waals surface area contributed by atoms with Crippen molar-refractivity contribution in [3.8, 4) is 0 Å². The second-order valence-electron chi connectivity index (χ2n) is 8.85. The quantitative estimate of drug-likeness (QED) is 0.353. The summed E-state index contributed by atoms with van der Waals surface area (Å²) < 4.78 is 0. The molecular formula is C30H25ClN2O3. The Bertz CT molecular complexity index is 1350. The molecule has 36 heavy (non-hydrogen) atoms. The molecular weight excluding hydrogens is 472 g/mol. The second kappa shape index (κ2) is 10.4. The van der Waals surface area contributed by atoms with Crippen LogP contribution in [0.4, 0.5) is 0 Å². The predicted molar refractivity (Wildman–Crippen MR) is 139 cm³/mol. The van der Waals surface area contributed by atoms with E-state index >= 15 is 0 Å². The summed E-state index contributed by atoms with van der Waals surface area (Å²) in [6.07, 6.45) is 0.244. The Balaban J connectivity index is 1.63. The number of rotatable bonds is 7. The zero-order valence-electron chi connectivity index (χ0n) is 19.5. The van der Waals surface area contributed by atoms with Crippen molar-refractivity contribution in [1.29, 1.82) is 0 Å². The molecule has 2 atom stereocenters. The minimum atomic E-state index is -1.40. The van der Waals surface area contributed by atoms with E-state index in [1.807, 2.05) is 84.9 Å². The van der Waals surface area contributed by atoms with Crippen molar-refractivity contribution in [3.05, 3.63) is 143 Å². The van der Waals surface area contributed by atoms with Crippen molar-refractivity contribution in [3.63, 3.8) is 0 Å². The minimum Gasteiger partial charge on any atom is -0.365 e. The van der Waals surface area contributed by atoms with Gasteiger partial charge in [-0.15, -0.1) is 5.06 Å². The van der Waals surface area contributed by atoms with Crippen LogP contribution < -0.4 is 5.32 Å². The fraction of sp³-hybridized carbons (Fsp3) is 0.133. The van der Waals surface area contributed by atoms with Crippen molar-refractivity contribution >= 4 is 23.5 Å². The topological polar surface area (TPSA) is 58.6 Å². The van der Waals surface area contributed by atoms with Gasteiger partial charge in [0.05, 0.1) is 6.54 Å². The highest BCUT2D eigenvalue weighted by Crippen LogP contribution is 2.43. The zero-order valence-corrected chi connectivity index (χ0v) is 20.3. The lowest BCUT2D eigenvalue weighted by Gasteiger charge is -2.34. The summed E-state index contributed by atoms with van der Waals surface area (Å²) in [5, 5.41) is 5.28. The monoisotopic (exact) mass is 496 g/mol. The molecule has 1 fully saturated rings. The lowest BCUT2D eigenvalue weighted by molar-refractivity contribution is -0.178. The van der Waals surface area contributed by atoms with Crippen LogP contribution in [0.25, 0.3) is 0 Å². The zero-order chi connectivity index (χ0) is 25.0. The van der Waals surface area contributed by atoms with Crippen molar-refractivity contribution in [2.45, 2.75) is 24.5 Å². The molecule has 1 aliphatic rings. The smallest absolute Gasteiger partial charge is 0.353 e.